The molecule has 1 aliphatic rings. The first kappa shape index (κ1) is 17.6. The van der Waals surface area contributed by atoms with Gasteiger partial charge in [0, 0.05) is 17.0 Å². The average Bonchev–Trinajstić information content (AvgIpc) is 3.01. The van der Waals surface area contributed by atoms with E-state index >= 15 is 0 Å². The highest BCUT2D eigenvalue weighted by Gasteiger charge is 2.27. The fraction of sp³-hybridized carbons (Fsp3) is 0.278. The van der Waals surface area contributed by atoms with Crippen LogP contribution in [-0.2, 0) is 0 Å². The number of hydrogen-bond acceptors (Lipinski definition) is 7. The SMILES string of the molecule is CCCCSc1nnc2c(n1)O[C@@H](c1ccc(I)o1)Nc1ccccc1-2. The number of anilines is 1. The van der Waals surface area contributed by atoms with E-state index in [4.69, 9.17) is 9.15 Å². The normalized spacial score (nSPS) is 15.4. The van der Waals surface area contributed by atoms with Crippen molar-refractivity contribution < 1.29 is 9.15 Å². The van der Waals surface area contributed by atoms with Gasteiger partial charge in [0.25, 0.3) is 0 Å². The number of para-hydroxylation sites is 1. The maximum absolute atomic E-state index is 6.15. The molecule has 2 aromatic heterocycles. The van der Waals surface area contributed by atoms with Gasteiger partial charge >= 0.3 is 0 Å². The highest BCUT2D eigenvalue weighted by molar-refractivity contribution is 14.1. The summed E-state index contributed by atoms with van der Waals surface area (Å²) in [5.74, 6) is 2.12. The average molecular weight is 480 g/mol. The Morgan fingerprint density at radius 1 is 1.19 bits per heavy atom. The number of nitrogens with one attached hydrogen (secondary N) is 1. The van der Waals surface area contributed by atoms with E-state index in [9.17, 15) is 0 Å². The molecule has 8 heteroatoms. The number of halogens is 1. The molecule has 0 saturated carbocycles. The van der Waals surface area contributed by atoms with Gasteiger partial charge in [-0.3, -0.25) is 0 Å². The summed E-state index contributed by atoms with van der Waals surface area (Å²) in [5, 5.41) is 12.7. The lowest BCUT2D eigenvalue weighted by Crippen LogP contribution is -2.16. The molecule has 0 bridgehead atoms. The number of ether oxygens (including phenoxy) is 1. The van der Waals surface area contributed by atoms with Crippen LogP contribution in [-0.4, -0.2) is 20.9 Å². The zero-order valence-corrected chi connectivity index (χ0v) is 17.1. The van der Waals surface area contributed by atoms with E-state index in [0.717, 1.165) is 33.6 Å². The summed E-state index contributed by atoms with van der Waals surface area (Å²) in [7, 11) is 0. The molecule has 0 saturated heterocycles. The molecule has 0 amide bonds. The second kappa shape index (κ2) is 7.83. The Hall–Kier alpha value is -1.81. The van der Waals surface area contributed by atoms with Gasteiger partial charge in [-0.15, -0.1) is 10.2 Å². The summed E-state index contributed by atoms with van der Waals surface area (Å²) in [4.78, 5) is 4.61. The maximum Gasteiger partial charge on any atom is 0.247 e. The van der Waals surface area contributed by atoms with Crippen LogP contribution < -0.4 is 10.1 Å². The molecular weight excluding hydrogens is 463 g/mol. The molecule has 1 N–H and O–H groups in total. The predicted octanol–water partition coefficient (Wildman–Crippen LogP) is 5.13. The van der Waals surface area contributed by atoms with E-state index in [0.29, 0.717) is 22.5 Å². The van der Waals surface area contributed by atoms with Crippen LogP contribution in [0.4, 0.5) is 5.69 Å². The first-order valence-electron chi connectivity index (χ1n) is 8.40. The van der Waals surface area contributed by atoms with Crippen molar-refractivity contribution in [3.05, 3.63) is 45.9 Å². The number of thioether (sulfide) groups is 1. The van der Waals surface area contributed by atoms with Crippen LogP contribution >= 0.6 is 34.4 Å². The van der Waals surface area contributed by atoms with Crippen molar-refractivity contribution in [1.82, 2.24) is 15.2 Å². The fourth-order valence-electron chi connectivity index (χ4n) is 2.61. The molecule has 3 heterocycles. The monoisotopic (exact) mass is 480 g/mol. The van der Waals surface area contributed by atoms with Gasteiger partial charge in [-0.05, 0) is 47.2 Å². The number of hydrogen-bond donors (Lipinski definition) is 1. The van der Waals surface area contributed by atoms with Gasteiger partial charge in [-0.2, -0.15) is 4.98 Å². The quantitative estimate of drug-likeness (QED) is 0.308. The third-order valence-electron chi connectivity index (χ3n) is 3.92. The number of benzene rings is 1. The summed E-state index contributed by atoms with van der Waals surface area (Å²) in [6.07, 6.45) is 1.77. The van der Waals surface area contributed by atoms with Crippen molar-refractivity contribution in [2.24, 2.45) is 0 Å². The van der Waals surface area contributed by atoms with Gasteiger partial charge in [0.05, 0.1) is 0 Å². The smallest absolute Gasteiger partial charge is 0.247 e. The molecule has 1 aliphatic heterocycles. The van der Waals surface area contributed by atoms with Crippen molar-refractivity contribution in [2.75, 3.05) is 11.1 Å². The standard InChI is InChI=1S/C18H17IN4O2S/c1-2-3-10-26-18-21-17-15(22-23-18)11-6-4-5-7-12(11)20-16(25-17)13-8-9-14(19)24-13/h4-9,16,20H,2-3,10H2,1H3/t16-/m0/s1. The van der Waals surface area contributed by atoms with Crippen molar-refractivity contribution in [3.8, 4) is 17.1 Å². The van der Waals surface area contributed by atoms with Crippen LogP contribution in [0.25, 0.3) is 11.3 Å². The van der Waals surface area contributed by atoms with Crippen LogP contribution in [0.5, 0.6) is 5.88 Å². The number of unbranched alkanes of at least 4 members (excludes halogenated alkanes) is 1. The Balaban J connectivity index is 1.73. The summed E-state index contributed by atoms with van der Waals surface area (Å²) in [6.45, 7) is 2.16. The number of fused-ring (bicyclic) bond motifs is 3. The van der Waals surface area contributed by atoms with Crippen LogP contribution in [0.3, 0.4) is 0 Å². The Morgan fingerprint density at radius 2 is 2.08 bits per heavy atom. The second-order valence-corrected chi connectivity index (χ2v) is 7.91. The Bertz CT molecular complexity index is 918. The molecule has 0 aliphatic carbocycles. The highest BCUT2D eigenvalue weighted by Crippen LogP contribution is 2.39. The molecule has 1 aromatic carbocycles. The van der Waals surface area contributed by atoms with E-state index in [-0.39, 0.29) is 0 Å². The molecule has 1 atom stereocenters. The minimum Gasteiger partial charge on any atom is -0.449 e. The minimum atomic E-state index is -0.480. The summed E-state index contributed by atoms with van der Waals surface area (Å²) in [6, 6.07) is 11.7. The Kier molecular flexibility index (Phi) is 5.30. The zero-order valence-electron chi connectivity index (χ0n) is 14.1. The number of aromatic nitrogens is 3. The van der Waals surface area contributed by atoms with Gasteiger partial charge in [-0.1, -0.05) is 43.3 Å². The van der Waals surface area contributed by atoms with Crippen LogP contribution in [0.2, 0.25) is 0 Å². The van der Waals surface area contributed by atoms with Crippen LogP contribution in [0.1, 0.15) is 31.8 Å². The van der Waals surface area contributed by atoms with Gasteiger partial charge in [0.15, 0.2) is 15.2 Å². The van der Waals surface area contributed by atoms with Crippen molar-refractivity contribution >= 4 is 40.0 Å². The summed E-state index contributed by atoms with van der Waals surface area (Å²) >= 11 is 3.74. The van der Waals surface area contributed by atoms with Crippen molar-refractivity contribution in [2.45, 2.75) is 31.1 Å². The lowest BCUT2D eigenvalue weighted by Gasteiger charge is -2.16. The van der Waals surface area contributed by atoms with Gasteiger partial charge in [0.2, 0.25) is 17.3 Å². The van der Waals surface area contributed by atoms with Gasteiger partial charge in [0.1, 0.15) is 0 Å². The molecule has 3 aromatic rings. The van der Waals surface area contributed by atoms with E-state index in [1.807, 2.05) is 36.4 Å². The number of furan rings is 1. The van der Waals surface area contributed by atoms with Gasteiger partial charge < -0.3 is 14.5 Å². The molecule has 0 spiro atoms. The molecule has 0 fully saturated rings. The molecular formula is C18H17IN4O2S. The largest absolute Gasteiger partial charge is 0.449 e. The van der Waals surface area contributed by atoms with Gasteiger partial charge in [-0.25, -0.2) is 0 Å². The highest BCUT2D eigenvalue weighted by atomic mass is 127. The first-order chi connectivity index (χ1) is 12.7. The molecule has 26 heavy (non-hydrogen) atoms. The van der Waals surface area contributed by atoms with Crippen LogP contribution in [0, 0.1) is 3.77 Å². The summed E-state index contributed by atoms with van der Waals surface area (Å²) in [5.41, 5.74) is 2.46. The third kappa shape index (κ3) is 3.66. The van der Waals surface area contributed by atoms with Crippen LogP contribution in [0.15, 0.2) is 46.0 Å². The Morgan fingerprint density at radius 3 is 2.88 bits per heavy atom. The van der Waals surface area contributed by atoms with Crippen molar-refractivity contribution in [1.29, 1.82) is 0 Å². The topological polar surface area (TPSA) is 73.1 Å². The van der Waals surface area contributed by atoms with E-state index in [2.05, 4.69) is 50.0 Å². The second-order valence-electron chi connectivity index (χ2n) is 5.78. The number of nitrogens with zero attached hydrogens (tertiary/aromatic N) is 3. The molecule has 0 unspecified atom stereocenters. The fourth-order valence-corrected chi connectivity index (χ4v) is 3.91. The zero-order chi connectivity index (χ0) is 17.9. The van der Waals surface area contributed by atoms with E-state index < -0.39 is 6.23 Å². The minimum absolute atomic E-state index is 0.466. The molecule has 0 radical (unpaired) electrons. The molecule has 6 nitrogen and oxygen atoms in total. The summed E-state index contributed by atoms with van der Waals surface area (Å²) < 4.78 is 12.7. The third-order valence-corrected chi connectivity index (χ3v) is 5.42. The number of rotatable bonds is 5. The predicted molar refractivity (Wildman–Crippen MR) is 109 cm³/mol. The van der Waals surface area contributed by atoms with Crippen molar-refractivity contribution in [3.63, 3.8) is 0 Å². The molecule has 134 valence electrons. The first-order valence-corrected chi connectivity index (χ1v) is 10.5. The maximum atomic E-state index is 6.15. The lowest BCUT2D eigenvalue weighted by molar-refractivity contribution is 0.193. The molecule has 4 rings (SSSR count). The van der Waals surface area contributed by atoms with E-state index in [1.54, 1.807) is 11.8 Å². The van der Waals surface area contributed by atoms with E-state index in [1.165, 1.54) is 0 Å². The Labute approximate surface area is 169 Å². The lowest BCUT2D eigenvalue weighted by atomic mass is 10.1.